The Morgan fingerprint density at radius 2 is 1.82 bits per heavy atom. The highest BCUT2D eigenvalue weighted by atomic mass is 19.1. The Labute approximate surface area is 163 Å². The molecule has 2 N–H and O–H groups in total. The van der Waals surface area contributed by atoms with Gasteiger partial charge in [-0.15, -0.1) is 0 Å². The predicted molar refractivity (Wildman–Crippen MR) is 99.6 cm³/mol. The Kier molecular flexibility index (Phi) is 7.86. The molecule has 0 aliphatic carbocycles. The molecule has 2 rings (SSSR count). The van der Waals surface area contributed by atoms with Crippen LogP contribution in [0.1, 0.15) is 29.6 Å². The second-order valence-corrected chi connectivity index (χ2v) is 6.97. The van der Waals surface area contributed by atoms with E-state index in [0.29, 0.717) is 25.6 Å². The Bertz CT molecular complexity index is 707. The van der Waals surface area contributed by atoms with E-state index < -0.39 is 23.4 Å². The predicted octanol–water partition coefficient (Wildman–Crippen LogP) is 0.754. The summed E-state index contributed by atoms with van der Waals surface area (Å²) in [6.45, 7) is 1.67. The van der Waals surface area contributed by atoms with E-state index in [1.165, 1.54) is 0 Å². The fourth-order valence-corrected chi connectivity index (χ4v) is 3.19. The van der Waals surface area contributed by atoms with Crippen LogP contribution in [0.3, 0.4) is 0 Å². The van der Waals surface area contributed by atoms with Crippen molar-refractivity contribution in [2.45, 2.75) is 25.3 Å². The average Bonchev–Trinajstić information content (AvgIpc) is 3.10. The van der Waals surface area contributed by atoms with Crippen LogP contribution in [0.15, 0.2) is 18.2 Å². The van der Waals surface area contributed by atoms with E-state index in [1.807, 2.05) is 0 Å². The van der Waals surface area contributed by atoms with Crippen LogP contribution in [0.5, 0.6) is 0 Å². The Hall–Kier alpha value is -2.55. The number of carbonyl (C=O) groups excluding carboxylic acids is 3. The third-order valence-corrected chi connectivity index (χ3v) is 4.57. The number of nitrogens with one attached hydrogen (secondary N) is 2. The molecule has 1 saturated heterocycles. The van der Waals surface area contributed by atoms with Gasteiger partial charge in [-0.3, -0.25) is 19.3 Å². The van der Waals surface area contributed by atoms with Crippen molar-refractivity contribution in [2.24, 2.45) is 0 Å². The summed E-state index contributed by atoms with van der Waals surface area (Å²) in [5, 5.41) is 5.00. The summed E-state index contributed by atoms with van der Waals surface area (Å²) in [6, 6.07) is 2.37. The number of hydrogen-bond donors (Lipinski definition) is 2. The lowest BCUT2D eigenvalue weighted by Crippen LogP contribution is -2.43. The molecule has 3 amide bonds. The van der Waals surface area contributed by atoms with Crippen LogP contribution < -0.4 is 10.6 Å². The largest absolute Gasteiger partial charge is 0.355 e. The van der Waals surface area contributed by atoms with Gasteiger partial charge in [0, 0.05) is 38.8 Å². The van der Waals surface area contributed by atoms with Crippen molar-refractivity contribution in [3.05, 3.63) is 35.4 Å². The summed E-state index contributed by atoms with van der Waals surface area (Å²) in [6.07, 6.45) is 2.49. The van der Waals surface area contributed by atoms with Gasteiger partial charge in [-0.1, -0.05) is 0 Å². The van der Waals surface area contributed by atoms with Crippen LogP contribution in [0, 0.1) is 11.6 Å². The molecule has 1 fully saturated rings. The summed E-state index contributed by atoms with van der Waals surface area (Å²) < 4.78 is 26.2. The number of likely N-dealkylation sites (N-methyl/N-ethyl adjacent to an activating group) is 1. The molecule has 154 valence electrons. The molecular formula is C19H26F2N4O3. The second kappa shape index (κ2) is 10.1. The highest BCUT2D eigenvalue weighted by Crippen LogP contribution is 2.18. The summed E-state index contributed by atoms with van der Waals surface area (Å²) >= 11 is 0. The van der Waals surface area contributed by atoms with Crippen molar-refractivity contribution in [2.75, 3.05) is 40.3 Å². The lowest BCUT2D eigenvalue weighted by atomic mass is 10.2. The molecule has 1 atom stereocenters. The Balaban J connectivity index is 1.67. The number of nitrogens with zero attached hydrogens (tertiary/aromatic N) is 2. The van der Waals surface area contributed by atoms with Gasteiger partial charge in [-0.25, -0.2) is 8.78 Å². The van der Waals surface area contributed by atoms with Crippen molar-refractivity contribution >= 4 is 17.7 Å². The number of carbonyl (C=O) groups is 3. The minimum absolute atomic E-state index is 0.0954. The van der Waals surface area contributed by atoms with Crippen molar-refractivity contribution in [3.63, 3.8) is 0 Å². The van der Waals surface area contributed by atoms with Gasteiger partial charge in [0.05, 0.1) is 12.6 Å². The fourth-order valence-electron chi connectivity index (χ4n) is 3.19. The summed E-state index contributed by atoms with van der Waals surface area (Å²) in [5.74, 6) is -2.74. The molecule has 1 aromatic carbocycles. The van der Waals surface area contributed by atoms with Crippen molar-refractivity contribution in [1.82, 2.24) is 20.4 Å². The van der Waals surface area contributed by atoms with Crippen LogP contribution in [-0.2, 0) is 9.59 Å². The lowest BCUT2D eigenvalue weighted by Gasteiger charge is -2.26. The molecule has 0 saturated carbocycles. The zero-order chi connectivity index (χ0) is 20.7. The van der Waals surface area contributed by atoms with Crippen molar-refractivity contribution in [1.29, 1.82) is 0 Å². The maximum absolute atomic E-state index is 13.1. The quantitative estimate of drug-likeness (QED) is 0.636. The molecule has 0 aromatic heterocycles. The van der Waals surface area contributed by atoms with Gasteiger partial charge in [0.1, 0.15) is 11.6 Å². The molecular weight excluding hydrogens is 370 g/mol. The molecule has 1 unspecified atom stereocenters. The number of likely N-dealkylation sites (tertiary alicyclic amines) is 1. The molecule has 9 heteroatoms. The fraction of sp³-hybridized carbons (Fsp3) is 0.526. The van der Waals surface area contributed by atoms with Crippen LogP contribution in [0.2, 0.25) is 0 Å². The summed E-state index contributed by atoms with van der Waals surface area (Å²) in [5.41, 5.74) is -0.184. The van der Waals surface area contributed by atoms with Gasteiger partial charge in [-0.2, -0.15) is 0 Å². The molecule has 1 aromatic rings. The number of halogens is 2. The number of hydrogen-bond acceptors (Lipinski definition) is 4. The van der Waals surface area contributed by atoms with E-state index in [9.17, 15) is 23.2 Å². The van der Waals surface area contributed by atoms with Gasteiger partial charge >= 0.3 is 0 Å². The van der Waals surface area contributed by atoms with Gasteiger partial charge in [0.2, 0.25) is 11.8 Å². The zero-order valence-electron chi connectivity index (χ0n) is 16.1. The number of amides is 3. The van der Waals surface area contributed by atoms with Gasteiger partial charge in [0.25, 0.3) is 5.91 Å². The first-order valence-electron chi connectivity index (χ1n) is 9.24. The van der Waals surface area contributed by atoms with Crippen molar-refractivity contribution in [3.8, 4) is 0 Å². The highest BCUT2D eigenvalue weighted by molar-refractivity contribution is 5.96. The smallest absolute Gasteiger partial charge is 0.251 e. The first-order valence-corrected chi connectivity index (χ1v) is 9.24. The molecule has 1 aliphatic rings. The van der Waals surface area contributed by atoms with E-state index in [4.69, 9.17) is 0 Å². The van der Waals surface area contributed by atoms with Crippen LogP contribution in [0.25, 0.3) is 0 Å². The van der Waals surface area contributed by atoms with Crippen molar-refractivity contribution < 1.29 is 23.2 Å². The van der Waals surface area contributed by atoms with Crippen LogP contribution >= 0.6 is 0 Å². The molecule has 0 spiro atoms. The molecule has 28 heavy (non-hydrogen) atoms. The lowest BCUT2D eigenvalue weighted by molar-refractivity contribution is -0.133. The minimum atomic E-state index is -0.859. The van der Waals surface area contributed by atoms with E-state index >= 15 is 0 Å². The minimum Gasteiger partial charge on any atom is -0.355 e. The van der Waals surface area contributed by atoms with Gasteiger partial charge in [-0.05, 0) is 37.9 Å². The molecule has 1 aliphatic heterocycles. The summed E-state index contributed by atoms with van der Waals surface area (Å²) in [7, 11) is 3.48. The average molecular weight is 396 g/mol. The Morgan fingerprint density at radius 3 is 2.46 bits per heavy atom. The number of rotatable bonds is 8. The monoisotopic (exact) mass is 396 g/mol. The topological polar surface area (TPSA) is 81.8 Å². The molecule has 7 nitrogen and oxygen atoms in total. The van der Waals surface area contributed by atoms with Crippen LogP contribution in [-0.4, -0.2) is 73.8 Å². The first-order chi connectivity index (χ1) is 13.3. The van der Waals surface area contributed by atoms with E-state index in [0.717, 1.165) is 31.5 Å². The third-order valence-electron chi connectivity index (χ3n) is 4.57. The molecule has 0 bridgehead atoms. The normalized spacial score (nSPS) is 16.6. The number of benzene rings is 1. The third kappa shape index (κ3) is 6.26. The SMILES string of the molecule is CN(C)C(=O)C1CCCN1CCCNC(=O)CNC(=O)c1cc(F)cc(F)c1. The highest BCUT2D eigenvalue weighted by Gasteiger charge is 2.30. The van der Waals surface area contributed by atoms with E-state index in [-0.39, 0.29) is 24.1 Å². The maximum atomic E-state index is 13.1. The standard InChI is InChI=1S/C19H26F2N4O3/c1-24(2)19(28)16-5-3-7-25(16)8-4-6-22-17(26)12-23-18(27)13-9-14(20)11-15(21)10-13/h9-11,16H,3-8,12H2,1-2H3,(H,22,26)(H,23,27). The van der Waals surface area contributed by atoms with Crippen LogP contribution in [0.4, 0.5) is 8.78 Å². The van der Waals surface area contributed by atoms with E-state index in [1.54, 1.807) is 19.0 Å². The maximum Gasteiger partial charge on any atom is 0.251 e. The first kappa shape index (κ1) is 21.7. The molecule has 1 heterocycles. The van der Waals surface area contributed by atoms with Gasteiger partial charge in [0.15, 0.2) is 0 Å². The summed E-state index contributed by atoms with van der Waals surface area (Å²) in [4.78, 5) is 39.5. The van der Waals surface area contributed by atoms with E-state index in [2.05, 4.69) is 15.5 Å². The zero-order valence-corrected chi connectivity index (χ0v) is 16.1. The molecule has 0 radical (unpaired) electrons. The Morgan fingerprint density at radius 1 is 1.14 bits per heavy atom. The van der Waals surface area contributed by atoms with Gasteiger partial charge < -0.3 is 15.5 Å². The second-order valence-electron chi connectivity index (χ2n) is 6.97.